The molecule has 1 fully saturated rings. The molecule has 7 nitrogen and oxygen atoms in total. The number of likely N-dealkylation sites (tertiary alicyclic amines) is 1. The van der Waals surface area contributed by atoms with E-state index in [0.29, 0.717) is 31.8 Å². The van der Waals surface area contributed by atoms with Crippen LogP contribution in [-0.4, -0.2) is 47.5 Å². The van der Waals surface area contributed by atoms with Crippen LogP contribution in [0.4, 0.5) is 9.18 Å². The fraction of sp³-hybridized carbons (Fsp3) is 0.550. The van der Waals surface area contributed by atoms with Gasteiger partial charge in [-0.2, -0.15) is 0 Å². The molecule has 1 heterocycles. The molecule has 1 aliphatic rings. The molecule has 1 saturated heterocycles. The highest BCUT2D eigenvalue weighted by Crippen LogP contribution is 2.24. The molecule has 0 bridgehead atoms. The first kappa shape index (κ1) is 21.7. The Labute approximate surface area is 164 Å². The lowest BCUT2D eigenvalue weighted by atomic mass is 9.89. The maximum atomic E-state index is 13.2. The number of benzene rings is 1. The molecule has 1 aromatic rings. The number of hydrogen-bond acceptors (Lipinski definition) is 3. The van der Waals surface area contributed by atoms with E-state index in [0.717, 1.165) is 12.1 Å². The van der Waals surface area contributed by atoms with Gasteiger partial charge in [0.05, 0.1) is 5.92 Å². The lowest BCUT2D eigenvalue weighted by Gasteiger charge is -2.34. The summed E-state index contributed by atoms with van der Waals surface area (Å²) in [5.74, 6) is -2.35. The molecular weight excluding hydrogens is 365 g/mol. The number of nitrogens with zero attached hydrogens (tertiary/aromatic N) is 1. The normalized spacial score (nSPS) is 19.0. The molecule has 28 heavy (non-hydrogen) atoms. The van der Waals surface area contributed by atoms with E-state index in [1.54, 1.807) is 4.90 Å². The number of hydrogen-bond donors (Lipinski definition) is 3. The topological polar surface area (TPSA) is 98.7 Å². The summed E-state index contributed by atoms with van der Waals surface area (Å²) in [6.07, 6.45) is 1.23. The molecule has 1 aromatic carbocycles. The van der Waals surface area contributed by atoms with Crippen LogP contribution in [0.5, 0.6) is 0 Å². The van der Waals surface area contributed by atoms with Crippen LogP contribution in [0.25, 0.3) is 0 Å². The van der Waals surface area contributed by atoms with Gasteiger partial charge >= 0.3 is 12.0 Å². The van der Waals surface area contributed by atoms with Gasteiger partial charge < -0.3 is 20.6 Å². The van der Waals surface area contributed by atoms with Crippen LogP contribution in [0.15, 0.2) is 24.3 Å². The van der Waals surface area contributed by atoms with Crippen LogP contribution in [0, 0.1) is 17.7 Å². The zero-order valence-electron chi connectivity index (χ0n) is 16.5. The quantitative estimate of drug-likeness (QED) is 0.691. The van der Waals surface area contributed by atoms with E-state index in [2.05, 4.69) is 10.6 Å². The predicted molar refractivity (Wildman–Crippen MR) is 102 cm³/mol. The number of amides is 3. The van der Waals surface area contributed by atoms with Gasteiger partial charge in [-0.25, -0.2) is 14.0 Å². The highest BCUT2D eigenvalue weighted by atomic mass is 19.1. The average molecular weight is 393 g/mol. The van der Waals surface area contributed by atoms with Gasteiger partial charge in [0.2, 0.25) is 5.91 Å². The van der Waals surface area contributed by atoms with Gasteiger partial charge in [-0.05, 0) is 43.4 Å². The minimum atomic E-state index is -1.69. The van der Waals surface area contributed by atoms with E-state index in [1.165, 1.54) is 19.1 Å². The van der Waals surface area contributed by atoms with Crippen molar-refractivity contribution < 1.29 is 23.9 Å². The molecule has 2 unspecified atom stereocenters. The molecule has 3 amide bonds. The van der Waals surface area contributed by atoms with Crippen molar-refractivity contribution in [2.45, 2.75) is 39.2 Å². The second-order valence-electron chi connectivity index (χ2n) is 7.79. The van der Waals surface area contributed by atoms with Crippen molar-refractivity contribution in [2.75, 3.05) is 19.6 Å². The standard InChI is InChI=1S/C20H28FN3O4/c1-13(2)11-22-19(28)24-10-4-5-14(12-24)17(25)23-20(3,18(26)27)15-6-8-16(21)9-7-15/h6-9,13-14H,4-5,10-12H2,1-3H3,(H,22,28)(H,23,25)(H,26,27). The van der Waals surface area contributed by atoms with E-state index >= 15 is 0 Å². The second kappa shape index (κ2) is 9.03. The van der Waals surface area contributed by atoms with Gasteiger partial charge in [-0.15, -0.1) is 0 Å². The molecule has 0 radical (unpaired) electrons. The number of urea groups is 1. The fourth-order valence-corrected chi connectivity index (χ4v) is 3.16. The number of nitrogens with one attached hydrogen (secondary N) is 2. The SMILES string of the molecule is CC(C)CNC(=O)N1CCCC(C(=O)NC(C)(C(=O)O)c2ccc(F)cc2)C1. The number of carboxylic acids is 1. The highest BCUT2D eigenvalue weighted by molar-refractivity contribution is 5.89. The van der Waals surface area contributed by atoms with Gasteiger partial charge in [0.1, 0.15) is 5.82 Å². The minimum absolute atomic E-state index is 0.217. The molecule has 2 atom stereocenters. The summed E-state index contributed by atoms with van der Waals surface area (Å²) in [6.45, 7) is 6.70. The van der Waals surface area contributed by atoms with Crippen molar-refractivity contribution in [1.82, 2.24) is 15.5 Å². The van der Waals surface area contributed by atoms with Gasteiger partial charge in [0, 0.05) is 19.6 Å². The fourth-order valence-electron chi connectivity index (χ4n) is 3.16. The molecule has 154 valence electrons. The largest absolute Gasteiger partial charge is 0.479 e. The Morgan fingerprint density at radius 1 is 1.29 bits per heavy atom. The first-order valence-electron chi connectivity index (χ1n) is 9.47. The summed E-state index contributed by atoms with van der Waals surface area (Å²) in [5, 5.41) is 15.1. The van der Waals surface area contributed by atoms with E-state index in [-0.39, 0.29) is 18.1 Å². The van der Waals surface area contributed by atoms with Crippen LogP contribution < -0.4 is 10.6 Å². The number of carboxylic acid groups (broad SMARTS) is 1. The van der Waals surface area contributed by atoms with Gasteiger partial charge in [0.15, 0.2) is 5.54 Å². The molecular formula is C20H28FN3O4. The summed E-state index contributed by atoms with van der Waals surface area (Å²) in [5.41, 5.74) is -1.41. The van der Waals surface area contributed by atoms with E-state index in [9.17, 15) is 23.9 Å². The highest BCUT2D eigenvalue weighted by Gasteiger charge is 2.39. The van der Waals surface area contributed by atoms with E-state index in [1.807, 2.05) is 13.8 Å². The Morgan fingerprint density at radius 2 is 1.93 bits per heavy atom. The number of carbonyl (C=O) groups is 3. The summed E-state index contributed by atoms with van der Waals surface area (Å²) in [4.78, 5) is 38.5. The number of aliphatic carboxylic acids is 1. The Kier molecular flexibility index (Phi) is 6.99. The van der Waals surface area contributed by atoms with Gasteiger partial charge in [-0.3, -0.25) is 4.79 Å². The third kappa shape index (κ3) is 5.21. The molecule has 2 rings (SSSR count). The Hall–Kier alpha value is -2.64. The van der Waals surface area contributed by atoms with Crippen molar-refractivity contribution in [3.8, 4) is 0 Å². The zero-order valence-corrected chi connectivity index (χ0v) is 16.5. The van der Waals surface area contributed by atoms with E-state index in [4.69, 9.17) is 0 Å². The maximum Gasteiger partial charge on any atom is 0.333 e. The number of halogens is 1. The van der Waals surface area contributed by atoms with Crippen molar-refractivity contribution in [3.05, 3.63) is 35.6 Å². The predicted octanol–water partition coefficient (Wildman–Crippen LogP) is 2.32. The summed E-state index contributed by atoms with van der Waals surface area (Å²) < 4.78 is 13.2. The summed E-state index contributed by atoms with van der Waals surface area (Å²) in [7, 11) is 0. The first-order chi connectivity index (χ1) is 13.1. The van der Waals surface area contributed by atoms with Crippen LogP contribution in [0.2, 0.25) is 0 Å². The lowest BCUT2D eigenvalue weighted by molar-refractivity contribution is -0.148. The molecule has 0 aliphatic carbocycles. The molecule has 8 heteroatoms. The van der Waals surface area contributed by atoms with Gasteiger partial charge in [0.25, 0.3) is 0 Å². The molecule has 0 aromatic heterocycles. The molecule has 0 spiro atoms. The maximum absolute atomic E-state index is 13.2. The van der Waals surface area contributed by atoms with Crippen LogP contribution in [0.3, 0.4) is 0 Å². The van der Waals surface area contributed by atoms with Crippen molar-refractivity contribution in [1.29, 1.82) is 0 Å². The Morgan fingerprint density at radius 3 is 2.50 bits per heavy atom. The smallest absolute Gasteiger partial charge is 0.333 e. The van der Waals surface area contributed by atoms with Crippen LogP contribution in [-0.2, 0) is 15.1 Å². The van der Waals surface area contributed by atoms with E-state index < -0.39 is 29.2 Å². The summed E-state index contributed by atoms with van der Waals surface area (Å²) in [6, 6.07) is 4.78. The van der Waals surface area contributed by atoms with Crippen molar-refractivity contribution in [3.63, 3.8) is 0 Å². The molecule has 1 aliphatic heterocycles. The van der Waals surface area contributed by atoms with Gasteiger partial charge in [-0.1, -0.05) is 26.0 Å². The Bertz CT molecular complexity index is 723. The number of piperidine rings is 1. The molecule has 0 saturated carbocycles. The van der Waals surface area contributed by atoms with Crippen LogP contribution in [0.1, 0.15) is 39.2 Å². The lowest BCUT2D eigenvalue weighted by Crippen LogP contribution is -2.55. The first-order valence-corrected chi connectivity index (χ1v) is 9.47. The van der Waals surface area contributed by atoms with Crippen molar-refractivity contribution in [2.24, 2.45) is 11.8 Å². The monoisotopic (exact) mass is 393 g/mol. The summed E-state index contributed by atoms with van der Waals surface area (Å²) >= 11 is 0. The third-order valence-electron chi connectivity index (χ3n) is 4.96. The zero-order chi connectivity index (χ0) is 20.9. The second-order valence-corrected chi connectivity index (χ2v) is 7.79. The Balaban J connectivity index is 2.07. The van der Waals surface area contributed by atoms with Crippen LogP contribution >= 0.6 is 0 Å². The average Bonchev–Trinajstić information content (AvgIpc) is 2.66. The number of rotatable bonds is 6. The number of carbonyl (C=O) groups excluding carboxylic acids is 2. The third-order valence-corrected chi connectivity index (χ3v) is 4.96. The molecule has 3 N–H and O–H groups in total. The minimum Gasteiger partial charge on any atom is -0.479 e. The van der Waals surface area contributed by atoms with Crippen molar-refractivity contribution >= 4 is 17.9 Å².